The fourth-order valence-corrected chi connectivity index (χ4v) is 3.18. The molecule has 6 nitrogen and oxygen atoms in total. The molecule has 1 aliphatic rings. The van der Waals surface area contributed by atoms with Crippen LogP contribution in [0.2, 0.25) is 0 Å². The van der Waals surface area contributed by atoms with E-state index in [0.29, 0.717) is 24.5 Å². The van der Waals surface area contributed by atoms with Gasteiger partial charge in [0.25, 0.3) is 0 Å². The summed E-state index contributed by atoms with van der Waals surface area (Å²) in [6.07, 6.45) is 0.168. The van der Waals surface area contributed by atoms with E-state index < -0.39 is 15.9 Å². The lowest BCUT2D eigenvalue weighted by molar-refractivity contribution is 0.157. The number of hydrogen-bond donors (Lipinski definition) is 2. The minimum absolute atomic E-state index is 0.00690. The molecule has 2 N–H and O–H groups in total. The van der Waals surface area contributed by atoms with E-state index in [0.717, 1.165) is 6.26 Å². The SMILES string of the molecule is CNCC(O)c1ccc2c(c1S(C)(=O)=O)OCCO2. The number of likely N-dealkylation sites (N-methyl/N-ethyl adjacent to an activating group) is 1. The van der Waals surface area contributed by atoms with Crippen molar-refractivity contribution >= 4 is 9.84 Å². The molecule has 19 heavy (non-hydrogen) atoms. The fraction of sp³-hybridized carbons (Fsp3) is 0.500. The molecular formula is C12H17NO5S. The van der Waals surface area contributed by atoms with Gasteiger partial charge in [0.1, 0.15) is 18.1 Å². The van der Waals surface area contributed by atoms with E-state index >= 15 is 0 Å². The maximum absolute atomic E-state index is 12.0. The molecule has 1 heterocycles. The van der Waals surface area contributed by atoms with Crippen LogP contribution in [-0.4, -0.2) is 46.6 Å². The summed E-state index contributed by atoms with van der Waals surface area (Å²) >= 11 is 0. The van der Waals surface area contributed by atoms with Crippen LogP contribution in [0.15, 0.2) is 17.0 Å². The van der Waals surface area contributed by atoms with Gasteiger partial charge in [0, 0.05) is 18.4 Å². The lowest BCUT2D eigenvalue weighted by atomic mass is 10.1. The van der Waals surface area contributed by atoms with Crippen molar-refractivity contribution in [3.05, 3.63) is 17.7 Å². The second kappa shape index (κ2) is 5.36. The zero-order chi connectivity index (χ0) is 14.0. The Morgan fingerprint density at radius 2 is 2.05 bits per heavy atom. The van der Waals surface area contributed by atoms with Crippen molar-refractivity contribution in [1.82, 2.24) is 5.32 Å². The van der Waals surface area contributed by atoms with Crippen molar-refractivity contribution in [2.24, 2.45) is 0 Å². The quantitative estimate of drug-likeness (QED) is 0.818. The lowest BCUT2D eigenvalue weighted by Crippen LogP contribution is -2.22. The second-order valence-corrected chi connectivity index (χ2v) is 6.31. The Balaban J connectivity index is 2.61. The number of aliphatic hydroxyl groups is 1. The Labute approximate surface area is 112 Å². The van der Waals surface area contributed by atoms with E-state index in [9.17, 15) is 13.5 Å². The highest BCUT2D eigenvalue weighted by Gasteiger charge is 2.28. The number of hydrogen-bond acceptors (Lipinski definition) is 6. The van der Waals surface area contributed by atoms with E-state index in [1.54, 1.807) is 19.2 Å². The molecule has 1 unspecified atom stereocenters. The summed E-state index contributed by atoms with van der Waals surface area (Å²) < 4.78 is 34.7. The van der Waals surface area contributed by atoms with Crippen LogP contribution in [0, 0.1) is 0 Å². The van der Waals surface area contributed by atoms with Gasteiger partial charge < -0.3 is 19.9 Å². The summed E-state index contributed by atoms with van der Waals surface area (Å²) in [6.45, 7) is 0.928. The molecule has 0 spiro atoms. The van der Waals surface area contributed by atoms with Crippen LogP contribution >= 0.6 is 0 Å². The van der Waals surface area contributed by atoms with Crippen molar-refractivity contribution in [3.63, 3.8) is 0 Å². The van der Waals surface area contributed by atoms with Gasteiger partial charge in [-0.05, 0) is 13.1 Å². The van der Waals surface area contributed by atoms with Gasteiger partial charge in [-0.3, -0.25) is 0 Å². The molecule has 1 aliphatic heterocycles. The Morgan fingerprint density at radius 1 is 1.37 bits per heavy atom. The molecule has 1 atom stereocenters. The van der Waals surface area contributed by atoms with Gasteiger partial charge in [-0.25, -0.2) is 8.42 Å². The van der Waals surface area contributed by atoms with Crippen molar-refractivity contribution < 1.29 is 23.0 Å². The van der Waals surface area contributed by atoms with Gasteiger partial charge in [-0.15, -0.1) is 0 Å². The van der Waals surface area contributed by atoms with Crippen molar-refractivity contribution in [2.75, 3.05) is 33.1 Å². The molecule has 1 aromatic rings. The van der Waals surface area contributed by atoms with Gasteiger partial charge in [-0.2, -0.15) is 0 Å². The van der Waals surface area contributed by atoms with Crippen LogP contribution in [0.4, 0.5) is 0 Å². The standard InChI is InChI=1S/C12H17NO5S/c1-13-7-9(14)8-3-4-10-11(18-6-5-17-10)12(8)19(2,15)16/h3-4,9,13-14H,5-7H2,1-2H3. The van der Waals surface area contributed by atoms with E-state index in [1.807, 2.05) is 0 Å². The molecule has 0 fully saturated rings. The summed E-state index contributed by atoms with van der Waals surface area (Å²) in [5.41, 5.74) is 0.320. The molecule has 0 saturated carbocycles. The minimum Gasteiger partial charge on any atom is -0.486 e. The van der Waals surface area contributed by atoms with Gasteiger partial charge in [0.2, 0.25) is 0 Å². The van der Waals surface area contributed by atoms with E-state index in [4.69, 9.17) is 9.47 Å². The highest BCUT2D eigenvalue weighted by Crippen LogP contribution is 2.40. The molecule has 2 rings (SSSR count). The first-order chi connectivity index (χ1) is 8.95. The van der Waals surface area contributed by atoms with Crippen LogP contribution < -0.4 is 14.8 Å². The smallest absolute Gasteiger partial charge is 0.180 e. The predicted octanol–water partition coefficient (Wildman–Crippen LogP) is 0.114. The average molecular weight is 287 g/mol. The van der Waals surface area contributed by atoms with Crippen LogP contribution in [0.5, 0.6) is 11.5 Å². The monoisotopic (exact) mass is 287 g/mol. The number of aliphatic hydroxyl groups excluding tert-OH is 1. The van der Waals surface area contributed by atoms with Gasteiger partial charge >= 0.3 is 0 Å². The Morgan fingerprint density at radius 3 is 2.68 bits per heavy atom. The number of ether oxygens (including phenoxy) is 2. The molecule has 106 valence electrons. The number of nitrogens with one attached hydrogen (secondary N) is 1. The molecule has 0 amide bonds. The summed E-state index contributed by atoms with van der Waals surface area (Å²) in [6, 6.07) is 3.18. The minimum atomic E-state index is -3.53. The molecule has 0 aliphatic carbocycles. The Kier molecular flexibility index (Phi) is 3.98. The lowest BCUT2D eigenvalue weighted by Gasteiger charge is -2.23. The van der Waals surface area contributed by atoms with Gasteiger partial charge in [0.15, 0.2) is 21.3 Å². The normalized spacial score (nSPS) is 16.2. The summed E-state index contributed by atoms with van der Waals surface area (Å²) in [7, 11) is -1.85. The average Bonchev–Trinajstić information content (AvgIpc) is 2.36. The zero-order valence-corrected chi connectivity index (χ0v) is 11.7. The first-order valence-corrected chi connectivity index (χ1v) is 7.79. The van der Waals surface area contributed by atoms with Crippen LogP contribution in [-0.2, 0) is 9.84 Å². The maximum Gasteiger partial charge on any atom is 0.180 e. The number of sulfone groups is 1. The molecule has 0 bridgehead atoms. The van der Waals surface area contributed by atoms with Gasteiger partial charge in [0.05, 0.1) is 6.10 Å². The molecule has 0 aromatic heterocycles. The fourth-order valence-electron chi connectivity index (χ4n) is 2.05. The third-order valence-corrected chi connectivity index (χ3v) is 3.98. The highest BCUT2D eigenvalue weighted by atomic mass is 32.2. The van der Waals surface area contributed by atoms with Crippen molar-refractivity contribution in [1.29, 1.82) is 0 Å². The third kappa shape index (κ3) is 2.83. The van der Waals surface area contributed by atoms with E-state index in [2.05, 4.69) is 5.32 Å². The van der Waals surface area contributed by atoms with Crippen molar-refractivity contribution in [2.45, 2.75) is 11.0 Å². The topological polar surface area (TPSA) is 84.9 Å². The summed E-state index contributed by atoms with van der Waals surface area (Å²) in [5, 5.41) is 12.9. The van der Waals surface area contributed by atoms with Gasteiger partial charge in [-0.1, -0.05) is 6.07 Å². The number of benzene rings is 1. The molecule has 7 heteroatoms. The zero-order valence-electron chi connectivity index (χ0n) is 10.8. The predicted molar refractivity (Wildman–Crippen MR) is 69.4 cm³/mol. The molecular weight excluding hydrogens is 270 g/mol. The molecule has 0 radical (unpaired) electrons. The number of rotatable bonds is 4. The van der Waals surface area contributed by atoms with Crippen LogP contribution in [0.25, 0.3) is 0 Å². The number of fused-ring (bicyclic) bond motifs is 1. The Hall–Kier alpha value is -1.31. The van der Waals surface area contributed by atoms with E-state index in [-0.39, 0.29) is 17.2 Å². The largest absolute Gasteiger partial charge is 0.486 e. The third-order valence-electron chi connectivity index (χ3n) is 2.82. The first kappa shape index (κ1) is 14.1. The maximum atomic E-state index is 12.0. The second-order valence-electron chi connectivity index (χ2n) is 4.35. The Bertz CT molecular complexity index is 570. The van der Waals surface area contributed by atoms with Crippen LogP contribution in [0.1, 0.15) is 11.7 Å². The van der Waals surface area contributed by atoms with E-state index in [1.165, 1.54) is 0 Å². The molecule has 0 saturated heterocycles. The van der Waals surface area contributed by atoms with Crippen LogP contribution in [0.3, 0.4) is 0 Å². The molecule has 1 aromatic carbocycles. The highest BCUT2D eigenvalue weighted by molar-refractivity contribution is 7.90. The summed E-state index contributed by atoms with van der Waals surface area (Å²) in [5.74, 6) is 0.591. The first-order valence-electron chi connectivity index (χ1n) is 5.90. The summed E-state index contributed by atoms with van der Waals surface area (Å²) in [4.78, 5) is 0.00690. The van der Waals surface area contributed by atoms with Crippen molar-refractivity contribution in [3.8, 4) is 11.5 Å².